The summed E-state index contributed by atoms with van der Waals surface area (Å²) in [4.78, 5) is 1.36. The SMILES string of the molecule is CC(C)NCc1sccc1S(=O)(=O)N(C)CC1CC1C. The lowest BCUT2D eigenvalue weighted by atomic mass is 10.3. The lowest BCUT2D eigenvalue weighted by molar-refractivity contribution is 0.444. The Morgan fingerprint density at radius 1 is 1.50 bits per heavy atom. The van der Waals surface area contributed by atoms with E-state index in [2.05, 4.69) is 26.1 Å². The highest BCUT2D eigenvalue weighted by Gasteiger charge is 2.36. The molecule has 114 valence electrons. The van der Waals surface area contributed by atoms with Gasteiger partial charge < -0.3 is 5.32 Å². The molecule has 1 aromatic heterocycles. The first-order valence-corrected chi connectivity index (χ1v) is 9.40. The van der Waals surface area contributed by atoms with Gasteiger partial charge in [-0.15, -0.1) is 11.3 Å². The topological polar surface area (TPSA) is 49.4 Å². The number of sulfonamides is 1. The molecule has 1 saturated carbocycles. The molecular formula is C14H24N2O2S2. The van der Waals surface area contributed by atoms with E-state index in [9.17, 15) is 8.42 Å². The molecule has 1 fully saturated rings. The molecule has 20 heavy (non-hydrogen) atoms. The number of hydrogen-bond acceptors (Lipinski definition) is 4. The fourth-order valence-electron chi connectivity index (χ4n) is 2.23. The molecule has 1 aliphatic rings. The van der Waals surface area contributed by atoms with E-state index in [1.54, 1.807) is 13.1 Å². The second-order valence-corrected chi connectivity index (χ2v) is 9.02. The molecule has 0 aromatic carbocycles. The van der Waals surface area contributed by atoms with Crippen molar-refractivity contribution in [3.8, 4) is 0 Å². The predicted molar refractivity (Wildman–Crippen MR) is 83.4 cm³/mol. The number of hydrogen-bond donors (Lipinski definition) is 1. The minimum Gasteiger partial charge on any atom is -0.310 e. The lowest BCUT2D eigenvalue weighted by Crippen LogP contribution is -2.30. The number of nitrogens with one attached hydrogen (secondary N) is 1. The summed E-state index contributed by atoms with van der Waals surface area (Å²) in [6, 6.07) is 2.07. The molecule has 0 radical (unpaired) electrons. The summed E-state index contributed by atoms with van der Waals surface area (Å²) in [5.74, 6) is 1.20. The molecule has 0 amide bonds. The molecule has 4 nitrogen and oxygen atoms in total. The van der Waals surface area contributed by atoms with E-state index in [1.165, 1.54) is 15.6 Å². The van der Waals surface area contributed by atoms with Crippen LogP contribution < -0.4 is 5.32 Å². The molecule has 0 spiro atoms. The molecule has 0 aliphatic heterocycles. The molecular weight excluding hydrogens is 292 g/mol. The van der Waals surface area contributed by atoms with Crippen LogP contribution in [0.3, 0.4) is 0 Å². The summed E-state index contributed by atoms with van der Waals surface area (Å²) in [6.07, 6.45) is 1.14. The molecule has 0 saturated heterocycles. The van der Waals surface area contributed by atoms with Crippen molar-refractivity contribution < 1.29 is 8.42 Å². The Labute approximate surface area is 126 Å². The second kappa shape index (κ2) is 6.13. The number of nitrogens with zero attached hydrogens (tertiary/aromatic N) is 1. The van der Waals surface area contributed by atoms with Crippen molar-refractivity contribution in [3.05, 3.63) is 16.3 Å². The number of rotatable bonds is 7. The zero-order chi connectivity index (χ0) is 14.9. The van der Waals surface area contributed by atoms with E-state index in [4.69, 9.17) is 0 Å². The fraction of sp³-hybridized carbons (Fsp3) is 0.714. The van der Waals surface area contributed by atoms with E-state index >= 15 is 0 Å². The van der Waals surface area contributed by atoms with Crippen LogP contribution in [0, 0.1) is 11.8 Å². The highest BCUT2D eigenvalue weighted by Crippen LogP contribution is 2.39. The summed E-state index contributed by atoms with van der Waals surface area (Å²) in [7, 11) is -1.66. The van der Waals surface area contributed by atoms with Gasteiger partial charge in [-0.3, -0.25) is 0 Å². The Kier molecular flexibility index (Phi) is 4.89. The van der Waals surface area contributed by atoms with E-state index in [-0.39, 0.29) is 0 Å². The highest BCUT2D eigenvalue weighted by molar-refractivity contribution is 7.89. The van der Waals surface area contributed by atoms with E-state index in [0.29, 0.717) is 35.9 Å². The maximum absolute atomic E-state index is 12.6. The molecule has 2 atom stereocenters. The molecule has 2 unspecified atom stereocenters. The van der Waals surface area contributed by atoms with Crippen LogP contribution in [0.2, 0.25) is 0 Å². The van der Waals surface area contributed by atoms with Crippen LogP contribution in [-0.4, -0.2) is 32.4 Å². The normalized spacial score (nSPS) is 22.7. The first-order valence-electron chi connectivity index (χ1n) is 7.08. The molecule has 1 aromatic rings. The molecule has 6 heteroatoms. The molecule has 1 heterocycles. The molecule has 0 bridgehead atoms. The Morgan fingerprint density at radius 2 is 2.15 bits per heavy atom. The van der Waals surface area contributed by atoms with Crippen LogP contribution in [0.1, 0.15) is 32.1 Å². The summed E-state index contributed by atoms with van der Waals surface area (Å²) in [5.41, 5.74) is 0. The van der Waals surface area contributed by atoms with Gasteiger partial charge in [0.1, 0.15) is 0 Å². The van der Waals surface area contributed by atoms with Gasteiger partial charge in [-0.1, -0.05) is 20.8 Å². The standard InChI is InChI=1S/C14H24N2O2S2/c1-10(2)15-8-13-14(5-6-19-13)20(17,18)16(4)9-12-7-11(12)3/h5-6,10-12,15H,7-9H2,1-4H3. The third-order valence-corrected chi connectivity index (χ3v) is 6.79. The maximum Gasteiger partial charge on any atom is 0.243 e. The van der Waals surface area contributed by atoms with Crippen LogP contribution >= 0.6 is 11.3 Å². The summed E-state index contributed by atoms with van der Waals surface area (Å²) in [5, 5.41) is 5.15. The van der Waals surface area contributed by atoms with Crippen LogP contribution in [-0.2, 0) is 16.6 Å². The lowest BCUT2D eigenvalue weighted by Gasteiger charge is -2.18. The van der Waals surface area contributed by atoms with E-state index < -0.39 is 10.0 Å². The van der Waals surface area contributed by atoms with Gasteiger partial charge in [-0.2, -0.15) is 0 Å². The summed E-state index contributed by atoms with van der Waals surface area (Å²) < 4.78 is 26.8. The third kappa shape index (κ3) is 3.61. The largest absolute Gasteiger partial charge is 0.310 e. The van der Waals surface area contributed by atoms with Gasteiger partial charge >= 0.3 is 0 Å². The predicted octanol–water partition coefficient (Wildman–Crippen LogP) is 2.52. The van der Waals surface area contributed by atoms with Gasteiger partial charge in [0.15, 0.2) is 0 Å². The highest BCUT2D eigenvalue weighted by atomic mass is 32.2. The maximum atomic E-state index is 12.6. The smallest absolute Gasteiger partial charge is 0.243 e. The first-order chi connectivity index (χ1) is 9.32. The van der Waals surface area contributed by atoms with Crippen molar-refractivity contribution in [3.63, 3.8) is 0 Å². The third-order valence-electron chi connectivity index (χ3n) is 3.83. The summed E-state index contributed by atoms with van der Waals surface area (Å²) in [6.45, 7) is 7.53. The Hall–Kier alpha value is -0.430. The monoisotopic (exact) mass is 316 g/mol. The van der Waals surface area contributed by atoms with Crippen molar-refractivity contribution in [2.24, 2.45) is 11.8 Å². The van der Waals surface area contributed by atoms with E-state index in [0.717, 1.165) is 11.3 Å². The Bertz CT molecular complexity index is 551. The Balaban J connectivity index is 2.10. The molecule has 2 rings (SSSR count). The average molecular weight is 316 g/mol. The minimum absolute atomic E-state index is 0.345. The van der Waals surface area contributed by atoms with Gasteiger partial charge in [0.05, 0.1) is 4.90 Å². The number of thiophene rings is 1. The van der Waals surface area contributed by atoms with Gasteiger partial charge in [0.2, 0.25) is 10.0 Å². The van der Waals surface area contributed by atoms with Crippen molar-refractivity contribution in [2.45, 2.75) is 44.7 Å². The van der Waals surface area contributed by atoms with Gasteiger partial charge in [0, 0.05) is 31.1 Å². The quantitative estimate of drug-likeness (QED) is 0.841. The summed E-state index contributed by atoms with van der Waals surface area (Å²) >= 11 is 1.50. The van der Waals surface area contributed by atoms with Crippen molar-refractivity contribution in [2.75, 3.05) is 13.6 Å². The van der Waals surface area contributed by atoms with Crippen molar-refractivity contribution in [1.29, 1.82) is 0 Å². The van der Waals surface area contributed by atoms with Crippen molar-refractivity contribution >= 4 is 21.4 Å². The second-order valence-electron chi connectivity index (χ2n) is 6.00. The Morgan fingerprint density at radius 3 is 2.70 bits per heavy atom. The minimum atomic E-state index is -3.35. The first kappa shape index (κ1) is 15.9. The average Bonchev–Trinajstić information content (AvgIpc) is 2.89. The van der Waals surface area contributed by atoms with Crippen LogP contribution in [0.5, 0.6) is 0 Å². The van der Waals surface area contributed by atoms with E-state index in [1.807, 2.05) is 5.38 Å². The van der Waals surface area contributed by atoms with Crippen molar-refractivity contribution in [1.82, 2.24) is 9.62 Å². The van der Waals surface area contributed by atoms with Crippen LogP contribution in [0.25, 0.3) is 0 Å². The fourth-order valence-corrected chi connectivity index (χ4v) is 4.82. The zero-order valence-corrected chi connectivity index (χ0v) is 14.2. The zero-order valence-electron chi connectivity index (χ0n) is 12.6. The van der Waals surface area contributed by atoms with Gasteiger partial charge in [0.25, 0.3) is 0 Å². The molecule has 1 aliphatic carbocycles. The van der Waals surface area contributed by atoms with Crippen LogP contribution in [0.15, 0.2) is 16.3 Å². The van der Waals surface area contributed by atoms with Gasteiger partial charge in [-0.05, 0) is 29.7 Å². The van der Waals surface area contributed by atoms with Gasteiger partial charge in [-0.25, -0.2) is 12.7 Å². The molecule has 1 N–H and O–H groups in total. The van der Waals surface area contributed by atoms with Crippen LogP contribution in [0.4, 0.5) is 0 Å².